The summed E-state index contributed by atoms with van der Waals surface area (Å²) in [6.07, 6.45) is 2.69. The zero-order chi connectivity index (χ0) is 14.8. The zero-order valence-corrected chi connectivity index (χ0v) is 12.4. The standard InChI is InChI=1S/C16H17FN2OS/c17-12-3-1-2-10(8-12)6-7-19-14-9-13(18)16(21-14)15(20)11-4-5-11/h1-3,8-9,11,19H,4-7,18H2. The molecule has 0 saturated heterocycles. The Morgan fingerprint density at radius 2 is 2.19 bits per heavy atom. The maximum absolute atomic E-state index is 13.1. The van der Waals surface area contributed by atoms with Crippen molar-refractivity contribution in [3.05, 3.63) is 46.6 Å². The summed E-state index contributed by atoms with van der Waals surface area (Å²) in [6.45, 7) is 0.681. The quantitative estimate of drug-likeness (QED) is 0.800. The Morgan fingerprint density at radius 1 is 1.38 bits per heavy atom. The first kappa shape index (κ1) is 14.1. The highest BCUT2D eigenvalue weighted by Gasteiger charge is 2.32. The molecule has 0 unspecified atom stereocenters. The lowest BCUT2D eigenvalue weighted by Crippen LogP contribution is -2.03. The number of hydrogen-bond donors (Lipinski definition) is 2. The fourth-order valence-electron chi connectivity index (χ4n) is 2.24. The Labute approximate surface area is 127 Å². The number of halogens is 1. The first-order valence-corrected chi connectivity index (χ1v) is 7.87. The first-order valence-electron chi connectivity index (χ1n) is 7.05. The van der Waals surface area contributed by atoms with E-state index in [0.29, 0.717) is 17.1 Å². The molecular weight excluding hydrogens is 287 g/mol. The smallest absolute Gasteiger partial charge is 0.178 e. The molecule has 1 saturated carbocycles. The summed E-state index contributed by atoms with van der Waals surface area (Å²) in [6, 6.07) is 8.39. The van der Waals surface area contributed by atoms with Crippen LogP contribution in [0.5, 0.6) is 0 Å². The number of nitrogens with two attached hydrogens (primary N) is 1. The summed E-state index contributed by atoms with van der Waals surface area (Å²) in [5.74, 6) is 0.145. The van der Waals surface area contributed by atoms with Crippen LogP contribution in [0.15, 0.2) is 30.3 Å². The number of rotatable bonds is 6. The van der Waals surface area contributed by atoms with Gasteiger partial charge in [-0.2, -0.15) is 0 Å². The van der Waals surface area contributed by atoms with Gasteiger partial charge in [0.2, 0.25) is 0 Å². The molecule has 3 rings (SSSR count). The molecule has 1 aromatic heterocycles. The Kier molecular flexibility index (Phi) is 3.92. The van der Waals surface area contributed by atoms with Crippen molar-refractivity contribution in [2.75, 3.05) is 17.6 Å². The van der Waals surface area contributed by atoms with Gasteiger partial charge >= 0.3 is 0 Å². The molecule has 0 bridgehead atoms. The van der Waals surface area contributed by atoms with Gasteiger partial charge in [-0.25, -0.2) is 4.39 Å². The van der Waals surface area contributed by atoms with Gasteiger partial charge in [0.25, 0.3) is 0 Å². The number of ketones is 1. The van der Waals surface area contributed by atoms with Crippen LogP contribution >= 0.6 is 11.3 Å². The van der Waals surface area contributed by atoms with E-state index >= 15 is 0 Å². The second kappa shape index (κ2) is 5.85. The highest BCUT2D eigenvalue weighted by atomic mass is 32.1. The van der Waals surface area contributed by atoms with Crippen LogP contribution in [0, 0.1) is 11.7 Å². The van der Waals surface area contributed by atoms with Crippen LogP contribution in [-0.4, -0.2) is 12.3 Å². The molecule has 21 heavy (non-hydrogen) atoms. The molecule has 1 aliphatic rings. The maximum Gasteiger partial charge on any atom is 0.178 e. The fraction of sp³-hybridized carbons (Fsp3) is 0.312. The predicted octanol–water partition coefficient (Wildman–Crippen LogP) is 3.72. The number of thiophene rings is 1. The number of nitrogens with one attached hydrogen (secondary N) is 1. The van der Waals surface area contributed by atoms with Gasteiger partial charge < -0.3 is 11.1 Å². The van der Waals surface area contributed by atoms with Crippen molar-refractivity contribution < 1.29 is 9.18 Å². The molecule has 1 aromatic carbocycles. The van der Waals surface area contributed by atoms with Gasteiger partial charge in [-0.15, -0.1) is 11.3 Å². The van der Waals surface area contributed by atoms with Crippen LogP contribution in [0.3, 0.4) is 0 Å². The first-order chi connectivity index (χ1) is 10.1. The van der Waals surface area contributed by atoms with Gasteiger partial charge in [-0.05, 0) is 43.0 Å². The van der Waals surface area contributed by atoms with E-state index in [1.54, 1.807) is 6.07 Å². The van der Waals surface area contributed by atoms with Gasteiger partial charge in [0, 0.05) is 12.5 Å². The number of nitrogen functional groups attached to an aromatic ring is 1. The Hall–Kier alpha value is -1.88. The van der Waals surface area contributed by atoms with Crippen molar-refractivity contribution >= 4 is 27.8 Å². The molecule has 0 atom stereocenters. The lowest BCUT2D eigenvalue weighted by Gasteiger charge is -2.03. The van der Waals surface area contributed by atoms with Crippen LogP contribution in [0.4, 0.5) is 15.1 Å². The summed E-state index contributed by atoms with van der Waals surface area (Å²) >= 11 is 1.41. The van der Waals surface area contributed by atoms with Crippen molar-refractivity contribution in [3.63, 3.8) is 0 Å². The average Bonchev–Trinajstić information content (AvgIpc) is 3.23. The molecule has 2 aromatic rings. The van der Waals surface area contributed by atoms with E-state index < -0.39 is 0 Å². The monoisotopic (exact) mass is 304 g/mol. The van der Waals surface area contributed by atoms with E-state index in [1.165, 1.54) is 23.5 Å². The molecule has 0 radical (unpaired) electrons. The predicted molar refractivity (Wildman–Crippen MR) is 84.4 cm³/mol. The summed E-state index contributed by atoms with van der Waals surface area (Å²) in [4.78, 5) is 12.7. The third-order valence-corrected chi connectivity index (χ3v) is 4.66. The lowest BCUT2D eigenvalue weighted by molar-refractivity contribution is 0.0972. The van der Waals surface area contributed by atoms with E-state index in [1.807, 2.05) is 12.1 Å². The molecule has 1 aliphatic carbocycles. The molecule has 0 spiro atoms. The fourth-order valence-corrected chi connectivity index (χ4v) is 3.26. The molecule has 1 fully saturated rings. The third kappa shape index (κ3) is 3.42. The zero-order valence-electron chi connectivity index (χ0n) is 11.6. The molecule has 0 amide bonds. The van der Waals surface area contributed by atoms with Crippen molar-refractivity contribution in [3.8, 4) is 0 Å². The third-order valence-electron chi connectivity index (χ3n) is 3.53. The molecule has 110 valence electrons. The second-order valence-electron chi connectivity index (χ2n) is 5.34. The second-order valence-corrected chi connectivity index (χ2v) is 6.39. The number of hydrogen-bond acceptors (Lipinski definition) is 4. The van der Waals surface area contributed by atoms with Crippen LogP contribution in [-0.2, 0) is 6.42 Å². The van der Waals surface area contributed by atoms with Crippen molar-refractivity contribution in [2.24, 2.45) is 5.92 Å². The minimum absolute atomic E-state index is 0.177. The van der Waals surface area contributed by atoms with Crippen molar-refractivity contribution in [1.29, 1.82) is 0 Å². The van der Waals surface area contributed by atoms with Crippen LogP contribution < -0.4 is 11.1 Å². The molecular formula is C16H17FN2OS. The Bertz CT molecular complexity index is 664. The Balaban J connectivity index is 1.58. The number of anilines is 2. The normalized spacial score (nSPS) is 14.1. The van der Waals surface area contributed by atoms with Gasteiger partial charge in [-0.1, -0.05) is 12.1 Å². The molecule has 3 nitrogen and oxygen atoms in total. The highest BCUT2D eigenvalue weighted by molar-refractivity contribution is 7.18. The largest absolute Gasteiger partial charge is 0.397 e. The summed E-state index contributed by atoms with van der Waals surface area (Å²) < 4.78 is 13.1. The molecule has 5 heteroatoms. The number of benzene rings is 1. The van der Waals surface area contributed by atoms with Gasteiger partial charge in [0.1, 0.15) is 5.82 Å². The molecule has 0 aliphatic heterocycles. The van der Waals surface area contributed by atoms with Crippen molar-refractivity contribution in [1.82, 2.24) is 0 Å². The Morgan fingerprint density at radius 3 is 2.90 bits per heavy atom. The average molecular weight is 304 g/mol. The minimum atomic E-state index is -0.217. The molecule has 1 heterocycles. The van der Waals surface area contributed by atoms with E-state index in [2.05, 4.69) is 5.32 Å². The van der Waals surface area contributed by atoms with Crippen LogP contribution in [0.1, 0.15) is 28.1 Å². The number of carbonyl (C=O) groups excluding carboxylic acids is 1. The minimum Gasteiger partial charge on any atom is -0.397 e. The summed E-state index contributed by atoms with van der Waals surface area (Å²) in [5, 5.41) is 4.15. The maximum atomic E-state index is 13.1. The van der Waals surface area contributed by atoms with Gasteiger partial charge in [0.05, 0.1) is 15.6 Å². The highest BCUT2D eigenvalue weighted by Crippen LogP contribution is 2.38. The molecule has 3 N–H and O–H groups in total. The number of carbonyl (C=O) groups is 1. The SMILES string of the molecule is Nc1cc(NCCc2cccc(F)c2)sc1C(=O)C1CC1. The number of Topliss-reactive ketones (excluding diaryl/α,β-unsaturated/α-hetero) is 1. The van der Waals surface area contributed by atoms with Gasteiger partial charge in [-0.3, -0.25) is 4.79 Å². The van der Waals surface area contributed by atoms with Crippen molar-refractivity contribution in [2.45, 2.75) is 19.3 Å². The summed E-state index contributed by atoms with van der Waals surface area (Å²) in [5.41, 5.74) is 7.42. The lowest BCUT2D eigenvalue weighted by atomic mass is 10.1. The van der Waals surface area contributed by atoms with E-state index in [4.69, 9.17) is 5.73 Å². The van der Waals surface area contributed by atoms with E-state index in [-0.39, 0.29) is 17.5 Å². The summed E-state index contributed by atoms with van der Waals surface area (Å²) in [7, 11) is 0. The topological polar surface area (TPSA) is 55.1 Å². The van der Waals surface area contributed by atoms with Crippen LogP contribution in [0.2, 0.25) is 0 Å². The van der Waals surface area contributed by atoms with Crippen LogP contribution in [0.25, 0.3) is 0 Å². The van der Waals surface area contributed by atoms with E-state index in [0.717, 1.165) is 29.8 Å². The van der Waals surface area contributed by atoms with E-state index in [9.17, 15) is 9.18 Å². The van der Waals surface area contributed by atoms with Gasteiger partial charge in [0.15, 0.2) is 5.78 Å².